The Morgan fingerprint density at radius 1 is 1.22 bits per heavy atom. The van der Waals surface area contributed by atoms with Gasteiger partial charge in [0.25, 0.3) is 0 Å². The zero-order valence-electron chi connectivity index (χ0n) is 11.9. The Morgan fingerprint density at radius 3 is 2.56 bits per heavy atom. The molecule has 0 aromatic carbocycles. The van der Waals surface area contributed by atoms with Gasteiger partial charge in [-0.05, 0) is 20.2 Å². The lowest BCUT2D eigenvalue weighted by Crippen LogP contribution is -2.18. The average Bonchev–Trinajstić information content (AvgIpc) is 2.67. The van der Waals surface area contributed by atoms with Gasteiger partial charge in [-0.25, -0.2) is 4.98 Å². The molecular formula is C14H22N4. The van der Waals surface area contributed by atoms with E-state index in [0.717, 1.165) is 24.3 Å². The molecule has 2 heterocycles. The van der Waals surface area contributed by atoms with Gasteiger partial charge < -0.3 is 9.47 Å². The highest BCUT2D eigenvalue weighted by molar-refractivity contribution is 5.74. The van der Waals surface area contributed by atoms with Gasteiger partial charge in [0.05, 0.1) is 18.0 Å². The fraction of sp³-hybridized carbons (Fsp3) is 0.571. The minimum atomic E-state index is 0.0742. The molecule has 0 N–H and O–H groups in total. The SMILES string of the molecule is CN(C)CCn1cnc2cnc(C(C)(C)C)cc21. The Bertz CT molecular complexity index is 534. The van der Waals surface area contributed by atoms with Crippen molar-refractivity contribution < 1.29 is 0 Å². The summed E-state index contributed by atoms with van der Waals surface area (Å²) < 4.78 is 2.20. The topological polar surface area (TPSA) is 34.0 Å². The van der Waals surface area contributed by atoms with E-state index in [0.29, 0.717) is 0 Å². The molecule has 2 aromatic heterocycles. The molecule has 0 amide bonds. The third kappa shape index (κ3) is 2.70. The molecule has 0 radical (unpaired) electrons. The van der Waals surface area contributed by atoms with E-state index in [4.69, 9.17) is 0 Å². The van der Waals surface area contributed by atoms with E-state index in [2.05, 4.69) is 60.4 Å². The van der Waals surface area contributed by atoms with Crippen molar-refractivity contribution in [3.63, 3.8) is 0 Å². The van der Waals surface area contributed by atoms with Crippen molar-refractivity contribution in [3.05, 3.63) is 24.3 Å². The van der Waals surface area contributed by atoms with Crippen LogP contribution in [-0.2, 0) is 12.0 Å². The third-order valence-corrected chi connectivity index (χ3v) is 3.06. The minimum Gasteiger partial charge on any atom is -0.329 e. The van der Waals surface area contributed by atoms with Crippen LogP contribution < -0.4 is 0 Å². The van der Waals surface area contributed by atoms with Gasteiger partial charge in [-0.2, -0.15) is 0 Å². The normalized spacial score (nSPS) is 12.6. The summed E-state index contributed by atoms with van der Waals surface area (Å²) in [6, 6.07) is 2.16. The quantitative estimate of drug-likeness (QED) is 0.833. The zero-order valence-corrected chi connectivity index (χ0v) is 11.9. The van der Waals surface area contributed by atoms with Crippen LogP contribution in [0.5, 0.6) is 0 Å². The van der Waals surface area contributed by atoms with E-state index in [-0.39, 0.29) is 5.41 Å². The van der Waals surface area contributed by atoms with Gasteiger partial charge in [-0.1, -0.05) is 20.8 Å². The van der Waals surface area contributed by atoms with Crippen LogP contribution >= 0.6 is 0 Å². The van der Waals surface area contributed by atoms with Gasteiger partial charge in [0, 0.05) is 24.2 Å². The van der Waals surface area contributed by atoms with Crippen molar-refractivity contribution in [2.45, 2.75) is 32.7 Å². The lowest BCUT2D eigenvalue weighted by Gasteiger charge is -2.17. The highest BCUT2D eigenvalue weighted by Gasteiger charge is 2.16. The second-order valence-corrected chi connectivity index (χ2v) is 6.05. The summed E-state index contributed by atoms with van der Waals surface area (Å²) in [6.07, 6.45) is 3.78. The summed E-state index contributed by atoms with van der Waals surface area (Å²) in [4.78, 5) is 11.1. The van der Waals surface area contributed by atoms with Crippen LogP contribution in [0.4, 0.5) is 0 Å². The van der Waals surface area contributed by atoms with Crippen molar-refractivity contribution in [2.24, 2.45) is 0 Å². The molecule has 4 nitrogen and oxygen atoms in total. The molecule has 0 fully saturated rings. The van der Waals surface area contributed by atoms with E-state index < -0.39 is 0 Å². The number of nitrogens with zero attached hydrogens (tertiary/aromatic N) is 4. The lowest BCUT2D eigenvalue weighted by atomic mass is 9.91. The molecule has 2 rings (SSSR count). The summed E-state index contributed by atoms with van der Waals surface area (Å²) in [5, 5.41) is 0. The maximum Gasteiger partial charge on any atom is 0.107 e. The monoisotopic (exact) mass is 246 g/mol. The van der Waals surface area contributed by atoms with E-state index in [9.17, 15) is 0 Å². The predicted molar refractivity (Wildman–Crippen MR) is 74.8 cm³/mol. The maximum absolute atomic E-state index is 4.50. The van der Waals surface area contributed by atoms with Crippen LogP contribution in [0.3, 0.4) is 0 Å². The standard InChI is InChI=1S/C14H22N4/c1-14(2,3)13-8-12-11(9-15-13)16-10-18(12)7-6-17(4)5/h8-10H,6-7H2,1-5H3. The molecule has 0 aliphatic carbocycles. The Kier molecular flexibility index (Phi) is 3.39. The number of hydrogen-bond donors (Lipinski definition) is 0. The minimum absolute atomic E-state index is 0.0742. The van der Waals surface area contributed by atoms with Crippen LogP contribution in [0.2, 0.25) is 0 Å². The maximum atomic E-state index is 4.50. The Balaban J connectivity index is 2.37. The number of aromatic nitrogens is 3. The average molecular weight is 246 g/mol. The predicted octanol–water partition coefficient (Wildman–Crippen LogP) is 2.29. The third-order valence-electron chi connectivity index (χ3n) is 3.06. The van der Waals surface area contributed by atoms with Crippen LogP contribution in [0.15, 0.2) is 18.6 Å². The summed E-state index contributed by atoms with van der Waals surface area (Å²) in [5.74, 6) is 0. The van der Waals surface area contributed by atoms with Crippen molar-refractivity contribution in [3.8, 4) is 0 Å². The van der Waals surface area contributed by atoms with Crippen LogP contribution in [0.1, 0.15) is 26.5 Å². The smallest absolute Gasteiger partial charge is 0.107 e. The number of fused-ring (bicyclic) bond motifs is 1. The highest BCUT2D eigenvalue weighted by Crippen LogP contribution is 2.23. The molecule has 0 saturated carbocycles. The summed E-state index contributed by atoms with van der Waals surface area (Å²) in [6.45, 7) is 8.51. The van der Waals surface area contributed by atoms with Crippen LogP contribution in [0, 0.1) is 0 Å². The molecule has 4 heteroatoms. The van der Waals surface area contributed by atoms with Gasteiger partial charge >= 0.3 is 0 Å². The van der Waals surface area contributed by atoms with Crippen molar-refractivity contribution in [2.75, 3.05) is 20.6 Å². The van der Waals surface area contributed by atoms with Gasteiger partial charge in [0.1, 0.15) is 5.52 Å². The molecule has 0 spiro atoms. The largest absolute Gasteiger partial charge is 0.329 e. The summed E-state index contributed by atoms with van der Waals surface area (Å²) >= 11 is 0. The molecule has 0 bridgehead atoms. The molecule has 98 valence electrons. The van der Waals surface area contributed by atoms with E-state index in [1.165, 1.54) is 5.52 Å². The molecule has 0 aliphatic heterocycles. The van der Waals surface area contributed by atoms with Gasteiger partial charge in [0.15, 0.2) is 0 Å². The van der Waals surface area contributed by atoms with E-state index in [1.54, 1.807) is 0 Å². The number of rotatable bonds is 3. The zero-order chi connectivity index (χ0) is 13.3. The first-order chi connectivity index (χ1) is 8.38. The number of imidazole rings is 1. The molecule has 0 atom stereocenters. The molecule has 18 heavy (non-hydrogen) atoms. The first kappa shape index (κ1) is 13.0. The van der Waals surface area contributed by atoms with Crippen LogP contribution in [0.25, 0.3) is 11.0 Å². The van der Waals surface area contributed by atoms with Gasteiger partial charge in [0.2, 0.25) is 0 Å². The van der Waals surface area contributed by atoms with Crippen molar-refractivity contribution in [1.29, 1.82) is 0 Å². The number of pyridine rings is 1. The lowest BCUT2D eigenvalue weighted by molar-refractivity contribution is 0.386. The van der Waals surface area contributed by atoms with E-state index >= 15 is 0 Å². The fourth-order valence-corrected chi connectivity index (χ4v) is 1.86. The van der Waals surface area contributed by atoms with Gasteiger partial charge in [-0.3, -0.25) is 4.98 Å². The number of likely N-dealkylation sites (N-methyl/N-ethyl adjacent to an activating group) is 1. The fourth-order valence-electron chi connectivity index (χ4n) is 1.86. The highest BCUT2D eigenvalue weighted by atomic mass is 15.1. The molecule has 0 saturated heterocycles. The van der Waals surface area contributed by atoms with E-state index in [1.807, 2.05) is 12.5 Å². The Hall–Kier alpha value is -1.42. The number of hydrogen-bond acceptors (Lipinski definition) is 3. The van der Waals surface area contributed by atoms with Crippen molar-refractivity contribution >= 4 is 11.0 Å². The molecular weight excluding hydrogens is 224 g/mol. The Labute approximate surface area is 109 Å². The summed E-state index contributed by atoms with van der Waals surface area (Å²) in [5.41, 5.74) is 3.34. The second-order valence-electron chi connectivity index (χ2n) is 6.05. The molecule has 2 aromatic rings. The first-order valence-corrected chi connectivity index (χ1v) is 6.34. The second kappa shape index (κ2) is 4.69. The molecule has 0 aliphatic rings. The molecule has 0 unspecified atom stereocenters. The Morgan fingerprint density at radius 2 is 1.94 bits per heavy atom. The van der Waals surface area contributed by atoms with Gasteiger partial charge in [-0.15, -0.1) is 0 Å². The van der Waals surface area contributed by atoms with Crippen molar-refractivity contribution in [1.82, 2.24) is 19.4 Å². The van der Waals surface area contributed by atoms with Crippen LogP contribution in [-0.4, -0.2) is 40.1 Å². The first-order valence-electron chi connectivity index (χ1n) is 6.34. The summed E-state index contributed by atoms with van der Waals surface area (Å²) in [7, 11) is 4.17.